The Morgan fingerprint density at radius 1 is 1.22 bits per heavy atom. The lowest BCUT2D eigenvalue weighted by atomic mass is 9.59. The van der Waals surface area contributed by atoms with Gasteiger partial charge in [0.15, 0.2) is 0 Å². The standard InChI is InChI=1S/C16H23NO/c1-15(2)12-9-5-7-11-8-6-10-17(13(11)12)14(18)16(15,3)4/h5,7,9,14,18H,6,8,10H2,1-4H3. The summed E-state index contributed by atoms with van der Waals surface area (Å²) in [6, 6.07) is 6.63. The summed E-state index contributed by atoms with van der Waals surface area (Å²) in [5, 5.41) is 10.8. The minimum Gasteiger partial charge on any atom is -0.373 e. The van der Waals surface area contributed by atoms with Crippen LogP contribution < -0.4 is 4.90 Å². The predicted octanol–water partition coefficient (Wildman–Crippen LogP) is 3.08. The molecule has 0 bridgehead atoms. The van der Waals surface area contributed by atoms with Gasteiger partial charge >= 0.3 is 0 Å². The van der Waals surface area contributed by atoms with Gasteiger partial charge in [0.2, 0.25) is 0 Å². The van der Waals surface area contributed by atoms with Crippen molar-refractivity contribution in [3.8, 4) is 0 Å². The number of anilines is 1. The Balaban J connectivity index is 2.30. The third-order valence-corrected chi connectivity index (χ3v) is 5.48. The Kier molecular flexibility index (Phi) is 2.34. The molecule has 0 fully saturated rings. The molecule has 2 heteroatoms. The second-order valence-electron chi connectivity index (χ2n) is 6.83. The predicted molar refractivity (Wildman–Crippen MR) is 74.9 cm³/mol. The molecule has 1 unspecified atom stereocenters. The smallest absolute Gasteiger partial charge is 0.132 e. The summed E-state index contributed by atoms with van der Waals surface area (Å²) in [6.07, 6.45) is 1.90. The fraction of sp³-hybridized carbons (Fsp3) is 0.625. The molecule has 1 N–H and O–H groups in total. The summed E-state index contributed by atoms with van der Waals surface area (Å²) in [4.78, 5) is 2.22. The first kappa shape index (κ1) is 12.0. The first-order valence-corrected chi connectivity index (χ1v) is 6.94. The quantitative estimate of drug-likeness (QED) is 0.759. The molecule has 2 aliphatic heterocycles. The monoisotopic (exact) mass is 245 g/mol. The van der Waals surface area contributed by atoms with Crippen molar-refractivity contribution >= 4 is 5.69 Å². The van der Waals surface area contributed by atoms with Crippen molar-refractivity contribution in [3.63, 3.8) is 0 Å². The van der Waals surface area contributed by atoms with Gasteiger partial charge in [0.05, 0.1) is 0 Å². The molecule has 0 aliphatic carbocycles. The highest BCUT2D eigenvalue weighted by molar-refractivity contribution is 5.66. The Hall–Kier alpha value is -1.02. The van der Waals surface area contributed by atoms with Crippen molar-refractivity contribution in [1.29, 1.82) is 0 Å². The molecule has 18 heavy (non-hydrogen) atoms. The fourth-order valence-corrected chi connectivity index (χ4v) is 3.49. The average molecular weight is 245 g/mol. The van der Waals surface area contributed by atoms with Gasteiger partial charge in [-0.25, -0.2) is 0 Å². The van der Waals surface area contributed by atoms with Gasteiger partial charge < -0.3 is 10.0 Å². The molecule has 0 aromatic heterocycles. The molecule has 2 nitrogen and oxygen atoms in total. The third kappa shape index (κ3) is 1.27. The first-order valence-electron chi connectivity index (χ1n) is 6.94. The molecular formula is C16H23NO. The molecule has 0 spiro atoms. The van der Waals surface area contributed by atoms with Crippen LogP contribution in [0.1, 0.15) is 45.2 Å². The highest BCUT2D eigenvalue weighted by Crippen LogP contribution is 2.54. The van der Waals surface area contributed by atoms with Gasteiger partial charge in [0.1, 0.15) is 6.23 Å². The van der Waals surface area contributed by atoms with Crippen molar-refractivity contribution in [2.75, 3.05) is 11.4 Å². The topological polar surface area (TPSA) is 23.5 Å². The van der Waals surface area contributed by atoms with Crippen molar-refractivity contribution in [2.45, 2.75) is 52.2 Å². The molecule has 1 atom stereocenters. The number of hydrogen-bond donors (Lipinski definition) is 1. The van der Waals surface area contributed by atoms with E-state index in [2.05, 4.69) is 50.8 Å². The minimum atomic E-state index is -0.388. The number of rotatable bonds is 0. The van der Waals surface area contributed by atoms with Crippen LogP contribution in [0.25, 0.3) is 0 Å². The zero-order valence-corrected chi connectivity index (χ0v) is 11.8. The van der Waals surface area contributed by atoms with E-state index in [-0.39, 0.29) is 17.1 Å². The van der Waals surface area contributed by atoms with Crippen LogP contribution >= 0.6 is 0 Å². The molecule has 0 radical (unpaired) electrons. The van der Waals surface area contributed by atoms with Crippen LogP contribution in [0.5, 0.6) is 0 Å². The largest absolute Gasteiger partial charge is 0.373 e. The lowest BCUT2D eigenvalue weighted by Crippen LogP contribution is -2.59. The molecule has 2 heterocycles. The maximum Gasteiger partial charge on any atom is 0.132 e. The van der Waals surface area contributed by atoms with Crippen LogP contribution in [0.15, 0.2) is 18.2 Å². The zero-order chi connectivity index (χ0) is 13.1. The Labute approximate surface area is 110 Å². The van der Waals surface area contributed by atoms with E-state index in [0.29, 0.717) is 0 Å². The van der Waals surface area contributed by atoms with Gasteiger partial charge in [-0.3, -0.25) is 0 Å². The van der Waals surface area contributed by atoms with E-state index in [1.54, 1.807) is 0 Å². The second kappa shape index (κ2) is 3.51. The van der Waals surface area contributed by atoms with Crippen molar-refractivity contribution in [1.82, 2.24) is 0 Å². The number of aryl methyl sites for hydroxylation is 1. The maximum atomic E-state index is 10.8. The van der Waals surface area contributed by atoms with Gasteiger partial charge in [-0.15, -0.1) is 0 Å². The van der Waals surface area contributed by atoms with E-state index in [1.807, 2.05) is 0 Å². The number of aliphatic hydroxyl groups is 1. The average Bonchev–Trinajstić information content (AvgIpc) is 2.34. The molecule has 98 valence electrons. The number of nitrogens with zero attached hydrogens (tertiary/aromatic N) is 1. The van der Waals surface area contributed by atoms with Gasteiger partial charge in [0, 0.05) is 23.1 Å². The summed E-state index contributed by atoms with van der Waals surface area (Å²) in [7, 11) is 0. The van der Waals surface area contributed by atoms with Gasteiger partial charge in [-0.2, -0.15) is 0 Å². The number of aliphatic hydroxyl groups excluding tert-OH is 1. The molecular weight excluding hydrogens is 222 g/mol. The number of benzene rings is 1. The second-order valence-corrected chi connectivity index (χ2v) is 6.83. The van der Waals surface area contributed by atoms with Crippen LogP contribution in [-0.4, -0.2) is 17.9 Å². The van der Waals surface area contributed by atoms with Gasteiger partial charge in [-0.1, -0.05) is 45.9 Å². The molecule has 1 aromatic carbocycles. The zero-order valence-electron chi connectivity index (χ0n) is 11.8. The number of para-hydroxylation sites is 1. The van der Waals surface area contributed by atoms with Crippen LogP contribution in [0.3, 0.4) is 0 Å². The lowest BCUT2D eigenvalue weighted by Gasteiger charge is -2.56. The summed E-state index contributed by atoms with van der Waals surface area (Å²) in [6.45, 7) is 9.87. The normalized spacial score (nSPS) is 27.8. The van der Waals surface area contributed by atoms with Crippen molar-refractivity contribution in [2.24, 2.45) is 5.41 Å². The molecule has 0 saturated heterocycles. The van der Waals surface area contributed by atoms with Crippen molar-refractivity contribution < 1.29 is 5.11 Å². The first-order chi connectivity index (χ1) is 8.37. The van der Waals surface area contributed by atoms with E-state index < -0.39 is 0 Å². The van der Waals surface area contributed by atoms with E-state index >= 15 is 0 Å². The summed E-state index contributed by atoms with van der Waals surface area (Å²) in [5.74, 6) is 0. The Bertz CT molecular complexity index is 490. The Morgan fingerprint density at radius 3 is 2.67 bits per heavy atom. The SMILES string of the molecule is CC1(C)c2cccc3c2N(CCC3)C(O)C1(C)C. The van der Waals surface area contributed by atoms with Crippen LogP contribution in [0, 0.1) is 5.41 Å². The van der Waals surface area contributed by atoms with Gasteiger partial charge in [0.25, 0.3) is 0 Å². The molecule has 3 rings (SSSR count). The van der Waals surface area contributed by atoms with E-state index in [9.17, 15) is 5.11 Å². The molecule has 2 aliphatic rings. The van der Waals surface area contributed by atoms with E-state index in [1.165, 1.54) is 16.8 Å². The summed E-state index contributed by atoms with van der Waals surface area (Å²) < 4.78 is 0. The maximum absolute atomic E-state index is 10.8. The Morgan fingerprint density at radius 2 is 1.94 bits per heavy atom. The fourth-order valence-electron chi connectivity index (χ4n) is 3.49. The summed E-state index contributed by atoms with van der Waals surface area (Å²) >= 11 is 0. The molecule has 0 amide bonds. The molecule has 1 aromatic rings. The summed E-state index contributed by atoms with van der Waals surface area (Å²) in [5.41, 5.74) is 3.96. The number of hydrogen-bond acceptors (Lipinski definition) is 2. The van der Waals surface area contributed by atoms with E-state index in [4.69, 9.17) is 0 Å². The minimum absolute atomic E-state index is 0.00833. The van der Waals surface area contributed by atoms with E-state index in [0.717, 1.165) is 19.4 Å². The van der Waals surface area contributed by atoms with Crippen LogP contribution in [-0.2, 0) is 11.8 Å². The third-order valence-electron chi connectivity index (χ3n) is 5.48. The van der Waals surface area contributed by atoms with Crippen LogP contribution in [0.4, 0.5) is 5.69 Å². The highest BCUT2D eigenvalue weighted by Gasteiger charge is 2.52. The lowest BCUT2D eigenvalue weighted by molar-refractivity contribution is -0.0122. The van der Waals surface area contributed by atoms with Gasteiger partial charge in [-0.05, 0) is 24.0 Å². The van der Waals surface area contributed by atoms with Crippen molar-refractivity contribution in [3.05, 3.63) is 29.3 Å². The highest BCUT2D eigenvalue weighted by atomic mass is 16.3. The molecule has 0 saturated carbocycles. The van der Waals surface area contributed by atoms with Crippen LogP contribution in [0.2, 0.25) is 0 Å².